The SMILES string of the molecule is Cc1nc(C(=O)CN)c[nH]1. The molecule has 54 valence electrons. The minimum atomic E-state index is -0.135. The van der Waals surface area contributed by atoms with E-state index in [1.807, 2.05) is 0 Å². The molecule has 4 heteroatoms. The molecule has 0 saturated heterocycles. The molecular weight excluding hydrogens is 130 g/mol. The molecule has 1 aromatic rings. The molecule has 0 saturated carbocycles. The van der Waals surface area contributed by atoms with Crippen molar-refractivity contribution in [2.75, 3.05) is 6.54 Å². The molecule has 1 heterocycles. The van der Waals surface area contributed by atoms with E-state index in [-0.39, 0.29) is 12.3 Å². The van der Waals surface area contributed by atoms with Crippen LogP contribution in [0.5, 0.6) is 0 Å². The van der Waals surface area contributed by atoms with Gasteiger partial charge in [-0.05, 0) is 6.92 Å². The molecule has 1 aromatic heterocycles. The van der Waals surface area contributed by atoms with Gasteiger partial charge in [-0.3, -0.25) is 4.79 Å². The van der Waals surface area contributed by atoms with Gasteiger partial charge in [0.25, 0.3) is 0 Å². The molecule has 1 rings (SSSR count). The Bertz CT molecular complexity index is 241. The molecular formula is C6H9N3O. The molecule has 0 fully saturated rings. The summed E-state index contributed by atoms with van der Waals surface area (Å²) in [6.07, 6.45) is 1.56. The number of rotatable bonds is 2. The van der Waals surface area contributed by atoms with E-state index < -0.39 is 0 Å². The van der Waals surface area contributed by atoms with Gasteiger partial charge in [-0.2, -0.15) is 0 Å². The minimum Gasteiger partial charge on any atom is -0.348 e. The first kappa shape index (κ1) is 6.95. The summed E-state index contributed by atoms with van der Waals surface area (Å²) in [4.78, 5) is 17.5. The third-order valence-corrected chi connectivity index (χ3v) is 1.18. The molecule has 0 bridgehead atoms. The molecule has 0 aliphatic rings. The molecule has 0 radical (unpaired) electrons. The Kier molecular flexibility index (Phi) is 1.82. The maximum atomic E-state index is 10.8. The van der Waals surface area contributed by atoms with Crippen LogP contribution >= 0.6 is 0 Å². The van der Waals surface area contributed by atoms with E-state index in [1.54, 1.807) is 13.1 Å². The zero-order chi connectivity index (χ0) is 7.56. The van der Waals surface area contributed by atoms with Crippen molar-refractivity contribution in [2.45, 2.75) is 6.92 Å². The highest BCUT2D eigenvalue weighted by Crippen LogP contribution is 1.94. The monoisotopic (exact) mass is 139 g/mol. The molecule has 0 aliphatic heterocycles. The largest absolute Gasteiger partial charge is 0.348 e. The van der Waals surface area contributed by atoms with Crippen LogP contribution < -0.4 is 5.73 Å². The Morgan fingerprint density at radius 3 is 3.00 bits per heavy atom. The van der Waals surface area contributed by atoms with Crippen molar-refractivity contribution < 1.29 is 4.79 Å². The summed E-state index contributed by atoms with van der Waals surface area (Å²) in [5.74, 6) is 0.598. The Labute approximate surface area is 58.5 Å². The zero-order valence-electron chi connectivity index (χ0n) is 5.72. The van der Waals surface area contributed by atoms with Crippen LogP contribution in [0.4, 0.5) is 0 Å². The molecule has 0 spiro atoms. The summed E-state index contributed by atoms with van der Waals surface area (Å²) in [6, 6.07) is 0. The van der Waals surface area contributed by atoms with Gasteiger partial charge in [0.05, 0.1) is 6.54 Å². The molecule has 10 heavy (non-hydrogen) atoms. The van der Waals surface area contributed by atoms with Crippen LogP contribution in [-0.4, -0.2) is 22.3 Å². The number of carbonyl (C=O) groups is 1. The van der Waals surface area contributed by atoms with Gasteiger partial charge >= 0.3 is 0 Å². The Morgan fingerprint density at radius 1 is 1.90 bits per heavy atom. The number of nitrogens with zero attached hydrogens (tertiary/aromatic N) is 1. The summed E-state index contributed by atoms with van der Waals surface area (Å²) >= 11 is 0. The van der Waals surface area contributed by atoms with Gasteiger partial charge in [0.1, 0.15) is 11.5 Å². The van der Waals surface area contributed by atoms with Crippen molar-refractivity contribution in [3.05, 3.63) is 17.7 Å². The number of hydrogen-bond acceptors (Lipinski definition) is 3. The number of hydrogen-bond donors (Lipinski definition) is 2. The number of ketones is 1. The van der Waals surface area contributed by atoms with E-state index in [1.165, 1.54) is 0 Å². The minimum absolute atomic E-state index is 0.0181. The van der Waals surface area contributed by atoms with E-state index in [0.717, 1.165) is 5.82 Å². The fourth-order valence-electron chi connectivity index (χ4n) is 0.665. The lowest BCUT2D eigenvalue weighted by Gasteiger charge is -1.86. The van der Waals surface area contributed by atoms with Crippen molar-refractivity contribution >= 4 is 5.78 Å². The van der Waals surface area contributed by atoms with Crippen LogP contribution in [-0.2, 0) is 0 Å². The van der Waals surface area contributed by atoms with Gasteiger partial charge in [-0.25, -0.2) is 4.98 Å². The quantitative estimate of drug-likeness (QED) is 0.560. The second-order valence-corrected chi connectivity index (χ2v) is 2.00. The number of carbonyl (C=O) groups excluding carboxylic acids is 1. The van der Waals surface area contributed by atoms with E-state index in [0.29, 0.717) is 5.69 Å². The lowest BCUT2D eigenvalue weighted by atomic mass is 10.3. The number of imidazole rings is 1. The van der Waals surface area contributed by atoms with Gasteiger partial charge in [0, 0.05) is 6.20 Å². The number of nitrogens with two attached hydrogens (primary N) is 1. The van der Waals surface area contributed by atoms with E-state index >= 15 is 0 Å². The molecule has 0 atom stereocenters. The summed E-state index contributed by atoms with van der Waals surface area (Å²) in [5, 5.41) is 0. The summed E-state index contributed by atoms with van der Waals surface area (Å²) < 4.78 is 0. The zero-order valence-corrected chi connectivity index (χ0v) is 5.72. The Hall–Kier alpha value is -1.16. The average molecular weight is 139 g/mol. The fourth-order valence-corrected chi connectivity index (χ4v) is 0.665. The number of H-pyrrole nitrogens is 1. The lowest BCUT2D eigenvalue weighted by Crippen LogP contribution is -2.13. The smallest absolute Gasteiger partial charge is 0.196 e. The summed E-state index contributed by atoms with van der Waals surface area (Å²) in [5.41, 5.74) is 5.53. The first-order chi connectivity index (χ1) is 4.74. The van der Waals surface area contributed by atoms with Gasteiger partial charge in [-0.1, -0.05) is 0 Å². The van der Waals surface area contributed by atoms with Crippen molar-refractivity contribution in [2.24, 2.45) is 5.73 Å². The fraction of sp³-hybridized carbons (Fsp3) is 0.333. The van der Waals surface area contributed by atoms with E-state index in [4.69, 9.17) is 5.73 Å². The highest BCUT2D eigenvalue weighted by molar-refractivity contribution is 5.95. The van der Waals surface area contributed by atoms with Crippen molar-refractivity contribution in [1.29, 1.82) is 0 Å². The van der Waals surface area contributed by atoms with Crippen LogP contribution in [0.15, 0.2) is 6.20 Å². The average Bonchev–Trinajstić information content (AvgIpc) is 2.34. The van der Waals surface area contributed by atoms with Crippen molar-refractivity contribution in [1.82, 2.24) is 9.97 Å². The number of aromatic amines is 1. The maximum absolute atomic E-state index is 10.8. The first-order valence-corrected chi connectivity index (χ1v) is 2.99. The predicted octanol–water partition coefficient (Wildman–Crippen LogP) is -0.140. The van der Waals surface area contributed by atoms with Gasteiger partial charge in [0.2, 0.25) is 0 Å². The molecule has 0 aromatic carbocycles. The van der Waals surface area contributed by atoms with E-state index in [2.05, 4.69) is 9.97 Å². The van der Waals surface area contributed by atoms with Crippen LogP contribution in [0.2, 0.25) is 0 Å². The van der Waals surface area contributed by atoms with Gasteiger partial charge in [0.15, 0.2) is 5.78 Å². The number of aryl methyl sites for hydroxylation is 1. The van der Waals surface area contributed by atoms with Gasteiger partial charge < -0.3 is 10.7 Å². The maximum Gasteiger partial charge on any atom is 0.196 e. The number of Topliss-reactive ketones (excluding diaryl/α,β-unsaturated/α-hetero) is 1. The van der Waals surface area contributed by atoms with Gasteiger partial charge in [-0.15, -0.1) is 0 Å². The second-order valence-electron chi connectivity index (χ2n) is 2.00. The number of aromatic nitrogens is 2. The summed E-state index contributed by atoms with van der Waals surface area (Å²) in [6.45, 7) is 1.80. The molecule has 0 unspecified atom stereocenters. The summed E-state index contributed by atoms with van der Waals surface area (Å²) in [7, 11) is 0. The lowest BCUT2D eigenvalue weighted by molar-refractivity contribution is 0.0997. The standard InChI is InChI=1S/C6H9N3O/c1-4-8-3-5(9-4)6(10)2-7/h3H,2,7H2,1H3,(H,8,9). The highest BCUT2D eigenvalue weighted by Gasteiger charge is 2.04. The van der Waals surface area contributed by atoms with Crippen LogP contribution in [0.1, 0.15) is 16.3 Å². The predicted molar refractivity (Wildman–Crippen MR) is 36.7 cm³/mol. The number of nitrogens with one attached hydrogen (secondary N) is 1. The van der Waals surface area contributed by atoms with Crippen molar-refractivity contribution in [3.8, 4) is 0 Å². The first-order valence-electron chi connectivity index (χ1n) is 2.99. The molecule has 3 N–H and O–H groups in total. The van der Waals surface area contributed by atoms with Crippen LogP contribution in [0, 0.1) is 6.92 Å². The molecule has 0 aliphatic carbocycles. The third-order valence-electron chi connectivity index (χ3n) is 1.18. The second kappa shape index (κ2) is 2.62. The molecule has 0 amide bonds. The normalized spacial score (nSPS) is 9.80. The van der Waals surface area contributed by atoms with Crippen LogP contribution in [0.3, 0.4) is 0 Å². The third kappa shape index (κ3) is 1.22. The van der Waals surface area contributed by atoms with Crippen LogP contribution in [0.25, 0.3) is 0 Å². The Morgan fingerprint density at radius 2 is 2.60 bits per heavy atom. The Balaban J connectivity index is 2.85. The molecule has 4 nitrogen and oxygen atoms in total. The van der Waals surface area contributed by atoms with Crippen molar-refractivity contribution in [3.63, 3.8) is 0 Å². The van der Waals surface area contributed by atoms with E-state index in [9.17, 15) is 4.79 Å². The topological polar surface area (TPSA) is 71.8 Å². The highest BCUT2D eigenvalue weighted by atomic mass is 16.1.